The summed E-state index contributed by atoms with van der Waals surface area (Å²) in [5.74, 6) is -0.103. The summed E-state index contributed by atoms with van der Waals surface area (Å²) in [7, 11) is 0. The Morgan fingerprint density at radius 3 is 2.20 bits per heavy atom. The molecule has 0 saturated carbocycles. The van der Waals surface area contributed by atoms with Crippen LogP contribution in [0.3, 0.4) is 0 Å². The Balaban J connectivity index is 2.03. The summed E-state index contributed by atoms with van der Waals surface area (Å²) in [6.45, 7) is 3.88. The molecule has 20 heavy (non-hydrogen) atoms. The van der Waals surface area contributed by atoms with Gasteiger partial charge in [0.2, 0.25) is 0 Å². The van der Waals surface area contributed by atoms with Crippen molar-refractivity contribution >= 4 is 11.6 Å². The number of fused-ring (bicyclic) bond motifs is 1. The minimum atomic E-state index is -0.399. The maximum absolute atomic E-state index is 12.5. The molecule has 0 radical (unpaired) electrons. The molecular weight excluding hydrogens is 250 g/mol. The number of nitrogens with zero attached hydrogens (tertiary/aromatic N) is 1. The van der Waals surface area contributed by atoms with Crippen molar-refractivity contribution in [3.63, 3.8) is 0 Å². The molecule has 3 rings (SSSR count). The molecule has 1 unspecified atom stereocenters. The van der Waals surface area contributed by atoms with Crippen LogP contribution in [0.4, 0.5) is 0 Å². The maximum Gasteiger partial charge on any atom is 0.259 e. The molecule has 1 atom stereocenters. The number of hydrogen-bond donors (Lipinski definition) is 1. The summed E-state index contributed by atoms with van der Waals surface area (Å²) < 4.78 is 0. The van der Waals surface area contributed by atoms with E-state index in [1.807, 2.05) is 48.5 Å². The van der Waals surface area contributed by atoms with E-state index in [1.54, 1.807) is 11.0 Å². The summed E-state index contributed by atoms with van der Waals surface area (Å²) in [4.78, 5) is 14.1. The van der Waals surface area contributed by atoms with Crippen molar-refractivity contribution in [2.45, 2.75) is 6.04 Å². The van der Waals surface area contributed by atoms with E-state index in [2.05, 4.69) is 6.58 Å². The second-order valence-corrected chi connectivity index (χ2v) is 4.78. The van der Waals surface area contributed by atoms with E-state index in [9.17, 15) is 9.90 Å². The Hall–Kier alpha value is -2.39. The average molecular weight is 265 g/mol. The van der Waals surface area contributed by atoms with E-state index < -0.39 is 6.04 Å². The molecule has 2 aromatic carbocycles. The second-order valence-electron chi connectivity index (χ2n) is 4.78. The molecule has 1 N–H and O–H groups in total. The second kappa shape index (κ2) is 4.94. The van der Waals surface area contributed by atoms with Gasteiger partial charge in [-0.15, -0.1) is 0 Å². The predicted octanol–water partition coefficient (Wildman–Crippen LogP) is 2.85. The van der Waals surface area contributed by atoms with E-state index in [0.29, 0.717) is 11.3 Å². The van der Waals surface area contributed by atoms with Crippen molar-refractivity contribution < 1.29 is 9.90 Å². The molecule has 1 aliphatic heterocycles. The van der Waals surface area contributed by atoms with Crippen LogP contribution in [0.1, 0.15) is 27.5 Å². The first-order valence-corrected chi connectivity index (χ1v) is 6.51. The van der Waals surface area contributed by atoms with E-state index in [4.69, 9.17) is 0 Å². The van der Waals surface area contributed by atoms with Crippen LogP contribution in [0.5, 0.6) is 0 Å². The Morgan fingerprint density at radius 1 is 1.00 bits per heavy atom. The fourth-order valence-corrected chi connectivity index (χ4v) is 2.64. The number of amides is 1. The molecule has 3 heteroatoms. The van der Waals surface area contributed by atoms with Crippen LogP contribution in [0.25, 0.3) is 5.70 Å². The van der Waals surface area contributed by atoms with Gasteiger partial charge in [-0.1, -0.05) is 55.1 Å². The van der Waals surface area contributed by atoms with Crippen molar-refractivity contribution in [3.05, 3.63) is 77.9 Å². The zero-order valence-corrected chi connectivity index (χ0v) is 11.0. The van der Waals surface area contributed by atoms with Crippen molar-refractivity contribution in [3.8, 4) is 0 Å². The summed E-state index contributed by atoms with van der Waals surface area (Å²) in [5.41, 5.74) is 3.03. The first-order chi connectivity index (χ1) is 9.74. The lowest BCUT2D eigenvalue weighted by molar-refractivity contribution is 0.0748. The summed E-state index contributed by atoms with van der Waals surface area (Å²) in [6.07, 6.45) is 0. The minimum absolute atomic E-state index is 0.103. The van der Waals surface area contributed by atoms with Crippen molar-refractivity contribution in [2.24, 2.45) is 0 Å². The summed E-state index contributed by atoms with van der Waals surface area (Å²) in [5, 5.41) is 9.72. The van der Waals surface area contributed by atoms with Crippen LogP contribution in [-0.2, 0) is 0 Å². The van der Waals surface area contributed by atoms with Gasteiger partial charge in [0.1, 0.15) is 0 Å². The third kappa shape index (κ3) is 1.84. The van der Waals surface area contributed by atoms with Crippen LogP contribution in [0.15, 0.2) is 61.2 Å². The van der Waals surface area contributed by atoms with Gasteiger partial charge in [0.25, 0.3) is 5.91 Å². The Morgan fingerprint density at radius 2 is 1.60 bits per heavy atom. The molecule has 0 aliphatic carbocycles. The molecule has 3 nitrogen and oxygen atoms in total. The number of hydrogen-bond acceptors (Lipinski definition) is 2. The van der Waals surface area contributed by atoms with Crippen LogP contribution < -0.4 is 0 Å². The largest absolute Gasteiger partial charge is 0.394 e. The smallest absolute Gasteiger partial charge is 0.259 e. The van der Waals surface area contributed by atoms with Crippen molar-refractivity contribution in [1.29, 1.82) is 0 Å². The number of aliphatic hydroxyl groups is 1. The van der Waals surface area contributed by atoms with Crippen molar-refractivity contribution in [1.82, 2.24) is 4.90 Å². The molecule has 0 bridgehead atoms. The highest BCUT2D eigenvalue weighted by Gasteiger charge is 2.35. The van der Waals surface area contributed by atoms with E-state index in [-0.39, 0.29) is 12.5 Å². The van der Waals surface area contributed by atoms with Gasteiger partial charge in [0, 0.05) is 16.8 Å². The molecular formula is C17H15NO2. The van der Waals surface area contributed by atoms with Crippen LogP contribution in [-0.4, -0.2) is 22.5 Å². The number of benzene rings is 2. The van der Waals surface area contributed by atoms with E-state index >= 15 is 0 Å². The highest BCUT2D eigenvalue weighted by molar-refractivity contribution is 6.09. The molecule has 1 aliphatic rings. The lowest BCUT2D eigenvalue weighted by Gasteiger charge is -2.27. The lowest BCUT2D eigenvalue weighted by atomic mass is 10.1. The summed E-state index contributed by atoms with van der Waals surface area (Å²) in [6, 6.07) is 16.5. The molecule has 1 heterocycles. The van der Waals surface area contributed by atoms with Gasteiger partial charge in [-0.05, 0) is 11.6 Å². The highest BCUT2D eigenvalue weighted by Crippen LogP contribution is 2.37. The molecule has 1 amide bonds. The SMILES string of the molecule is C=C1c2ccccc2C(=O)N1C(CO)c1ccccc1. The van der Waals surface area contributed by atoms with Gasteiger partial charge >= 0.3 is 0 Å². The topological polar surface area (TPSA) is 40.5 Å². The molecule has 2 aromatic rings. The molecule has 100 valence electrons. The Kier molecular flexibility index (Phi) is 3.12. The van der Waals surface area contributed by atoms with Crippen LogP contribution >= 0.6 is 0 Å². The summed E-state index contributed by atoms with van der Waals surface area (Å²) >= 11 is 0. The van der Waals surface area contributed by atoms with Gasteiger partial charge in [-0.2, -0.15) is 0 Å². The van der Waals surface area contributed by atoms with Gasteiger partial charge in [0.05, 0.1) is 12.6 Å². The third-order valence-corrected chi connectivity index (χ3v) is 3.65. The fraction of sp³-hybridized carbons (Fsp3) is 0.118. The predicted molar refractivity (Wildman–Crippen MR) is 77.9 cm³/mol. The zero-order valence-electron chi connectivity index (χ0n) is 11.0. The first-order valence-electron chi connectivity index (χ1n) is 6.51. The Labute approximate surface area is 117 Å². The monoisotopic (exact) mass is 265 g/mol. The zero-order chi connectivity index (χ0) is 14.1. The number of carbonyl (C=O) groups excluding carboxylic acids is 1. The highest BCUT2D eigenvalue weighted by atomic mass is 16.3. The van der Waals surface area contributed by atoms with E-state index in [1.165, 1.54) is 0 Å². The van der Waals surface area contributed by atoms with Gasteiger partial charge in [-0.25, -0.2) is 0 Å². The quantitative estimate of drug-likeness (QED) is 0.927. The first kappa shape index (κ1) is 12.6. The third-order valence-electron chi connectivity index (χ3n) is 3.65. The van der Waals surface area contributed by atoms with Gasteiger partial charge < -0.3 is 5.11 Å². The maximum atomic E-state index is 12.5. The van der Waals surface area contributed by atoms with Gasteiger partial charge in [0.15, 0.2) is 0 Å². The minimum Gasteiger partial charge on any atom is -0.394 e. The molecule has 0 saturated heterocycles. The average Bonchev–Trinajstić information content (AvgIpc) is 2.75. The van der Waals surface area contributed by atoms with Crippen LogP contribution in [0.2, 0.25) is 0 Å². The molecule has 0 spiro atoms. The number of carbonyl (C=O) groups is 1. The molecule has 0 aromatic heterocycles. The van der Waals surface area contributed by atoms with Gasteiger partial charge in [-0.3, -0.25) is 9.69 Å². The molecule has 0 fully saturated rings. The Bertz CT molecular complexity index is 629. The fourth-order valence-electron chi connectivity index (χ4n) is 2.64. The number of aliphatic hydroxyl groups excluding tert-OH is 1. The standard InChI is InChI=1S/C17H15NO2/c1-12-14-9-5-6-10-15(14)17(20)18(12)16(11-19)13-7-3-2-4-8-13/h2-10,16,19H,1,11H2. The van der Waals surface area contributed by atoms with E-state index in [0.717, 1.165) is 11.1 Å². The van der Waals surface area contributed by atoms with Crippen molar-refractivity contribution in [2.75, 3.05) is 6.61 Å². The number of rotatable bonds is 3. The normalized spacial score (nSPS) is 15.3. The lowest BCUT2D eigenvalue weighted by Crippen LogP contribution is -2.30. The van der Waals surface area contributed by atoms with Crippen LogP contribution in [0, 0.1) is 0 Å².